The number of nitrogens with zero attached hydrogens (tertiary/aromatic N) is 6. The maximum atomic E-state index is 12.0. The van der Waals surface area contributed by atoms with Gasteiger partial charge in [-0.25, -0.2) is 9.97 Å². The Morgan fingerprint density at radius 3 is 2.59 bits per heavy atom. The fourth-order valence-corrected chi connectivity index (χ4v) is 2.68. The molecule has 27 heavy (non-hydrogen) atoms. The van der Waals surface area contributed by atoms with E-state index in [9.17, 15) is 4.79 Å². The molecule has 1 fully saturated rings. The van der Waals surface area contributed by atoms with Gasteiger partial charge in [-0.05, 0) is 18.6 Å². The van der Waals surface area contributed by atoms with E-state index in [0.29, 0.717) is 23.0 Å². The molecular weight excluding hydrogens is 346 g/mol. The van der Waals surface area contributed by atoms with Crippen molar-refractivity contribution >= 4 is 17.7 Å². The molecular formula is C18H23N7O2. The van der Waals surface area contributed by atoms with Crippen molar-refractivity contribution in [2.75, 3.05) is 37.8 Å². The van der Waals surface area contributed by atoms with E-state index in [4.69, 9.17) is 10.2 Å². The monoisotopic (exact) mass is 369 g/mol. The minimum absolute atomic E-state index is 0. The van der Waals surface area contributed by atoms with Gasteiger partial charge in [0.1, 0.15) is 0 Å². The molecule has 2 aromatic heterocycles. The number of carbonyl (C=O) groups excluding carboxylic acids is 1. The van der Waals surface area contributed by atoms with Crippen LogP contribution in [0.15, 0.2) is 34.9 Å². The number of carbonyl (C=O) groups is 1. The van der Waals surface area contributed by atoms with E-state index in [1.165, 1.54) is 4.90 Å². The van der Waals surface area contributed by atoms with Crippen molar-refractivity contribution in [3.8, 4) is 22.8 Å². The minimum atomic E-state index is -0.0602. The van der Waals surface area contributed by atoms with E-state index in [-0.39, 0.29) is 20.5 Å². The zero-order chi connectivity index (χ0) is 19.0. The second kappa shape index (κ2) is 6.67. The van der Waals surface area contributed by atoms with E-state index in [0.717, 1.165) is 25.1 Å². The van der Waals surface area contributed by atoms with Crippen molar-refractivity contribution < 1.29 is 12.1 Å². The Morgan fingerprint density at radius 1 is 1.22 bits per heavy atom. The average molecular weight is 369 g/mol. The van der Waals surface area contributed by atoms with Crippen molar-refractivity contribution in [1.82, 2.24) is 25.1 Å². The predicted molar refractivity (Wildman–Crippen MR) is 104 cm³/mol. The molecule has 1 aromatic carbocycles. The molecule has 9 nitrogen and oxygen atoms in total. The highest BCUT2D eigenvalue weighted by Gasteiger charge is 2.22. The number of amides is 1. The fraction of sp³-hybridized carbons (Fsp3) is 0.278. The lowest BCUT2D eigenvalue weighted by Crippen LogP contribution is -2.37. The molecule has 0 bridgehead atoms. The van der Waals surface area contributed by atoms with E-state index in [1.807, 2.05) is 17.0 Å². The lowest BCUT2D eigenvalue weighted by molar-refractivity contribution is 0.0827. The maximum absolute atomic E-state index is 12.0. The van der Waals surface area contributed by atoms with Crippen LogP contribution in [0.25, 0.3) is 22.8 Å². The number of hydrogen-bond acceptors (Lipinski definition) is 8. The van der Waals surface area contributed by atoms with Crippen LogP contribution in [0.5, 0.6) is 0 Å². The van der Waals surface area contributed by atoms with Crippen LogP contribution >= 0.6 is 0 Å². The molecule has 3 heterocycles. The topological polar surface area (TPSA) is 114 Å². The third-order valence-corrected chi connectivity index (χ3v) is 4.38. The Kier molecular flexibility index (Phi) is 4.19. The van der Waals surface area contributed by atoms with Gasteiger partial charge in [0, 0.05) is 41.2 Å². The van der Waals surface area contributed by atoms with Crippen molar-refractivity contribution in [2.24, 2.45) is 0 Å². The van der Waals surface area contributed by atoms with Gasteiger partial charge in [0.2, 0.25) is 0 Å². The predicted octanol–water partition coefficient (Wildman–Crippen LogP) is 2.18. The second-order valence-corrected chi connectivity index (χ2v) is 6.50. The Hall–Kier alpha value is -3.49. The molecule has 142 valence electrons. The summed E-state index contributed by atoms with van der Waals surface area (Å²) in [5, 5.41) is 8.10. The van der Waals surface area contributed by atoms with Crippen LogP contribution in [0.4, 0.5) is 11.8 Å². The van der Waals surface area contributed by atoms with Gasteiger partial charge in [-0.3, -0.25) is 4.79 Å². The molecule has 0 atom stereocenters. The molecule has 1 aliphatic heterocycles. The molecule has 0 spiro atoms. The lowest BCUT2D eigenvalue weighted by atomic mass is 10.1. The number of nitrogen functional groups attached to an aromatic ring is 1. The molecule has 1 aliphatic rings. The second-order valence-electron chi connectivity index (χ2n) is 6.50. The quantitative estimate of drug-likeness (QED) is 0.744. The Labute approximate surface area is 158 Å². The SMILES string of the molecule is CN(C)C(=O)c1ccc(-c2cnc(N)c(-c3nnc(N4CCC4)o3)n2)cc1.[HH].[HH]. The largest absolute Gasteiger partial charge is 0.401 e. The molecule has 0 aliphatic carbocycles. The summed E-state index contributed by atoms with van der Waals surface area (Å²) >= 11 is 0. The van der Waals surface area contributed by atoms with Crippen molar-refractivity contribution in [2.45, 2.75) is 6.42 Å². The van der Waals surface area contributed by atoms with Crippen LogP contribution in [-0.4, -0.2) is 58.2 Å². The standard InChI is InChI=1S/C18H19N7O2.2H2/c1-24(2)17(26)12-6-4-11(5-7-12)13-10-20-15(19)14(21-13)16-22-23-18(27-16)25-8-3-9-25;;/h4-7,10H,3,8-9H2,1-2H3,(H2,19,20);2*1H. The molecule has 1 saturated heterocycles. The van der Waals surface area contributed by atoms with Crippen LogP contribution < -0.4 is 10.6 Å². The number of anilines is 2. The zero-order valence-electron chi connectivity index (χ0n) is 15.1. The van der Waals surface area contributed by atoms with Crippen LogP contribution in [0.1, 0.15) is 19.6 Å². The summed E-state index contributed by atoms with van der Waals surface area (Å²) in [7, 11) is 3.43. The van der Waals surface area contributed by atoms with E-state index < -0.39 is 0 Å². The zero-order valence-corrected chi connectivity index (χ0v) is 15.1. The lowest BCUT2D eigenvalue weighted by Gasteiger charge is -2.28. The van der Waals surface area contributed by atoms with Crippen LogP contribution in [0.2, 0.25) is 0 Å². The van der Waals surface area contributed by atoms with Gasteiger partial charge in [-0.2, -0.15) is 0 Å². The van der Waals surface area contributed by atoms with Gasteiger partial charge < -0.3 is 20.0 Å². The summed E-state index contributed by atoms with van der Waals surface area (Å²) < 4.78 is 5.69. The van der Waals surface area contributed by atoms with Crippen LogP contribution in [-0.2, 0) is 0 Å². The first-order valence-corrected chi connectivity index (χ1v) is 8.56. The van der Waals surface area contributed by atoms with Crippen molar-refractivity contribution in [1.29, 1.82) is 0 Å². The fourth-order valence-electron chi connectivity index (χ4n) is 2.68. The highest BCUT2D eigenvalue weighted by molar-refractivity contribution is 5.94. The maximum Gasteiger partial charge on any atom is 0.318 e. The third-order valence-electron chi connectivity index (χ3n) is 4.38. The van der Waals surface area contributed by atoms with Gasteiger partial charge in [0.25, 0.3) is 11.8 Å². The number of nitrogens with two attached hydrogens (primary N) is 1. The van der Waals surface area contributed by atoms with Gasteiger partial charge in [0.05, 0.1) is 11.9 Å². The highest BCUT2D eigenvalue weighted by Crippen LogP contribution is 2.28. The molecule has 0 unspecified atom stereocenters. The van der Waals surface area contributed by atoms with Gasteiger partial charge >= 0.3 is 6.01 Å². The molecule has 9 heteroatoms. The normalized spacial score (nSPS) is 13.3. The molecule has 3 aromatic rings. The first-order chi connectivity index (χ1) is 13.0. The number of rotatable bonds is 4. The number of hydrogen-bond donors (Lipinski definition) is 1. The summed E-state index contributed by atoms with van der Waals surface area (Å²) in [4.78, 5) is 24.3. The molecule has 4 rings (SSSR count). The first-order valence-electron chi connectivity index (χ1n) is 8.56. The highest BCUT2D eigenvalue weighted by atomic mass is 16.4. The molecule has 0 radical (unpaired) electrons. The summed E-state index contributed by atoms with van der Waals surface area (Å²) in [5.74, 6) is 0.398. The summed E-state index contributed by atoms with van der Waals surface area (Å²) in [6, 6.07) is 7.61. The first kappa shape index (κ1) is 17.0. The number of benzene rings is 1. The Morgan fingerprint density at radius 2 is 1.96 bits per heavy atom. The van der Waals surface area contributed by atoms with E-state index in [2.05, 4.69) is 20.2 Å². The van der Waals surface area contributed by atoms with Gasteiger partial charge in [-0.15, -0.1) is 5.10 Å². The summed E-state index contributed by atoms with van der Waals surface area (Å²) in [6.45, 7) is 1.81. The third kappa shape index (κ3) is 3.19. The van der Waals surface area contributed by atoms with Gasteiger partial charge in [-0.1, -0.05) is 17.2 Å². The van der Waals surface area contributed by atoms with E-state index in [1.54, 1.807) is 32.4 Å². The Bertz CT molecular complexity index is 988. The molecule has 1 amide bonds. The summed E-state index contributed by atoms with van der Waals surface area (Å²) in [6.07, 6.45) is 2.69. The van der Waals surface area contributed by atoms with Crippen molar-refractivity contribution in [3.05, 3.63) is 36.0 Å². The average Bonchev–Trinajstić information content (AvgIpc) is 3.09. The number of aromatic nitrogens is 4. The smallest absolute Gasteiger partial charge is 0.318 e. The van der Waals surface area contributed by atoms with Crippen LogP contribution in [0, 0.1) is 0 Å². The van der Waals surface area contributed by atoms with Crippen molar-refractivity contribution in [3.63, 3.8) is 0 Å². The molecule has 2 N–H and O–H groups in total. The van der Waals surface area contributed by atoms with Crippen LogP contribution in [0.3, 0.4) is 0 Å². The summed E-state index contributed by atoms with van der Waals surface area (Å²) in [5.41, 5.74) is 8.32. The minimum Gasteiger partial charge on any atom is -0.401 e. The Balaban J connectivity index is 0.00000150. The van der Waals surface area contributed by atoms with Gasteiger partial charge in [0.15, 0.2) is 11.5 Å². The van der Waals surface area contributed by atoms with E-state index >= 15 is 0 Å². The molecule has 0 saturated carbocycles.